The quantitative estimate of drug-likeness (QED) is 0.731. The van der Waals surface area contributed by atoms with E-state index in [0.717, 1.165) is 0 Å². The van der Waals surface area contributed by atoms with Gasteiger partial charge in [-0.15, -0.1) is 0 Å². The number of amides is 2. The van der Waals surface area contributed by atoms with E-state index in [2.05, 4.69) is 0 Å². The summed E-state index contributed by atoms with van der Waals surface area (Å²) < 4.78 is 10.3. The zero-order valence-corrected chi connectivity index (χ0v) is 17.4. The number of methoxy groups -OCH3 is 2. The van der Waals surface area contributed by atoms with Crippen LogP contribution in [0.4, 0.5) is 0 Å². The molecule has 0 fully saturated rings. The monoisotopic (exact) mass is 384 g/mol. The third-order valence-electron chi connectivity index (χ3n) is 4.28. The standard InChI is InChI=1S/C22H28N2O4/c1-7-23(20(25)16-8-12-18(27-5)13-9-16)24(22(2,3)4)21(26)17-10-14-19(28-6)15-11-17/h8-15H,7H2,1-6H3. The van der Waals surface area contributed by atoms with Gasteiger partial charge < -0.3 is 9.47 Å². The summed E-state index contributed by atoms with van der Waals surface area (Å²) in [5, 5.41) is 3.00. The van der Waals surface area contributed by atoms with E-state index in [1.54, 1.807) is 62.8 Å². The van der Waals surface area contributed by atoms with Crippen LogP contribution >= 0.6 is 0 Å². The van der Waals surface area contributed by atoms with Crippen molar-refractivity contribution in [2.75, 3.05) is 20.8 Å². The number of hydrogen-bond acceptors (Lipinski definition) is 4. The molecule has 2 amide bonds. The fraction of sp³-hybridized carbons (Fsp3) is 0.364. The first-order valence-corrected chi connectivity index (χ1v) is 9.17. The van der Waals surface area contributed by atoms with Crippen molar-refractivity contribution in [2.45, 2.75) is 33.2 Å². The minimum absolute atomic E-state index is 0.248. The first kappa shape index (κ1) is 21.3. The summed E-state index contributed by atoms with van der Waals surface area (Å²) in [6.45, 7) is 7.90. The Labute approximate surface area is 166 Å². The van der Waals surface area contributed by atoms with Gasteiger partial charge in [0.25, 0.3) is 11.8 Å². The summed E-state index contributed by atoms with van der Waals surface area (Å²) in [6.07, 6.45) is 0. The number of hydrazine groups is 1. The normalized spacial score (nSPS) is 10.9. The summed E-state index contributed by atoms with van der Waals surface area (Å²) in [5.74, 6) is 0.836. The largest absolute Gasteiger partial charge is 0.497 e. The van der Waals surface area contributed by atoms with Crippen molar-refractivity contribution in [2.24, 2.45) is 0 Å². The van der Waals surface area contributed by atoms with Gasteiger partial charge in [0.05, 0.1) is 19.8 Å². The Morgan fingerprint density at radius 2 is 1.18 bits per heavy atom. The Morgan fingerprint density at radius 1 is 0.786 bits per heavy atom. The van der Waals surface area contributed by atoms with Gasteiger partial charge in [-0.05, 0) is 76.2 Å². The summed E-state index contributed by atoms with van der Waals surface area (Å²) >= 11 is 0. The van der Waals surface area contributed by atoms with Crippen LogP contribution in [0.25, 0.3) is 0 Å². The van der Waals surface area contributed by atoms with E-state index < -0.39 is 5.54 Å². The smallest absolute Gasteiger partial charge is 0.272 e. The van der Waals surface area contributed by atoms with Gasteiger partial charge in [0, 0.05) is 17.7 Å². The molecule has 0 saturated heterocycles. The van der Waals surface area contributed by atoms with Gasteiger partial charge in [-0.3, -0.25) is 9.59 Å². The number of carbonyl (C=O) groups excluding carboxylic acids is 2. The molecule has 0 N–H and O–H groups in total. The van der Waals surface area contributed by atoms with Crippen LogP contribution in [-0.2, 0) is 0 Å². The molecule has 0 unspecified atom stereocenters. The van der Waals surface area contributed by atoms with E-state index in [1.807, 2.05) is 27.7 Å². The maximum Gasteiger partial charge on any atom is 0.272 e. The number of ether oxygens (including phenoxy) is 2. The lowest BCUT2D eigenvalue weighted by Crippen LogP contribution is -2.58. The molecule has 0 atom stereocenters. The molecule has 0 saturated carbocycles. The highest BCUT2D eigenvalue weighted by atomic mass is 16.5. The molecule has 2 rings (SSSR count). The lowest BCUT2D eigenvalue weighted by Gasteiger charge is -2.43. The van der Waals surface area contributed by atoms with Crippen LogP contribution in [0.1, 0.15) is 48.4 Å². The minimum Gasteiger partial charge on any atom is -0.497 e. The molecule has 28 heavy (non-hydrogen) atoms. The van der Waals surface area contributed by atoms with Gasteiger partial charge in [-0.25, -0.2) is 10.0 Å². The van der Waals surface area contributed by atoms with Crippen LogP contribution in [0, 0.1) is 0 Å². The molecular formula is C22H28N2O4. The maximum absolute atomic E-state index is 13.3. The molecule has 6 nitrogen and oxygen atoms in total. The number of nitrogens with zero attached hydrogens (tertiary/aromatic N) is 2. The second kappa shape index (κ2) is 8.78. The number of rotatable bonds is 5. The van der Waals surface area contributed by atoms with Crippen molar-refractivity contribution >= 4 is 11.8 Å². The molecular weight excluding hydrogens is 356 g/mol. The van der Waals surface area contributed by atoms with Crippen molar-refractivity contribution in [1.29, 1.82) is 0 Å². The Kier molecular flexibility index (Phi) is 6.67. The molecule has 6 heteroatoms. The van der Waals surface area contributed by atoms with E-state index >= 15 is 0 Å². The minimum atomic E-state index is -0.602. The zero-order valence-electron chi connectivity index (χ0n) is 17.4. The Morgan fingerprint density at radius 3 is 1.50 bits per heavy atom. The molecule has 0 radical (unpaired) electrons. The van der Waals surface area contributed by atoms with Crippen molar-refractivity contribution in [3.63, 3.8) is 0 Å². The molecule has 0 aromatic heterocycles. The highest BCUT2D eigenvalue weighted by molar-refractivity contribution is 5.99. The van der Waals surface area contributed by atoms with Crippen LogP contribution in [0.5, 0.6) is 11.5 Å². The number of carbonyl (C=O) groups is 2. The number of hydrogen-bond donors (Lipinski definition) is 0. The Hall–Kier alpha value is -3.02. The van der Waals surface area contributed by atoms with E-state index in [-0.39, 0.29) is 11.8 Å². The van der Waals surface area contributed by atoms with Gasteiger partial charge in [0.2, 0.25) is 0 Å². The second-order valence-electron chi connectivity index (χ2n) is 7.27. The molecule has 0 bridgehead atoms. The first-order chi connectivity index (χ1) is 13.2. The fourth-order valence-electron chi connectivity index (χ4n) is 2.89. The lowest BCUT2D eigenvalue weighted by atomic mass is 10.1. The van der Waals surface area contributed by atoms with E-state index in [0.29, 0.717) is 29.2 Å². The van der Waals surface area contributed by atoms with Gasteiger partial charge in [-0.1, -0.05) is 0 Å². The third kappa shape index (κ3) is 4.63. The summed E-state index contributed by atoms with van der Waals surface area (Å²) in [6, 6.07) is 13.7. The summed E-state index contributed by atoms with van der Waals surface area (Å²) in [5.41, 5.74) is 0.367. The lowest BCUT2D eigenvalue weighted by molar-refractivity contribution is -0.0410. The highest BCUT2D eigenvalue weighted by Crippen LogP contribution is 2.24. The molecule has 0 aliphatic rings. The van der Waals surface area contributed by atoms with Crippen LogP contribution in [0.3, 0.4) is 0 Å². The molecule has 0 aliphatic carbocycles. The molecule has 0 heterocycles. The van der Waals surface area contributed by atoms with Crippen molar-refractivity contribution in [3.05, 3.63) is 59.7 Å². The van der Waals surface area contributed by atoms with E-state index in [1.165, 1.54) is 10.0 Å². The predicted molar refractivity (Wildman–Crippen MR) is 109 cm³/mol. The van der Waals surface area contributed by atoms with Crippen LogP contribution in [-0.4, -0.2) is 48.1 Å². The van der Waals surface area contributed by atoms with Crippen LogP contribution in [0.2, 0.25) is 0 Å². The van der Waals surface area contributed by atoms with Crippen molar-refractivity contribution in [1.82, 2.24) is 10.0 Å². The molecule has 0 spiro atoms. The molecule has 2 aromatic rings. The zero-order chi connectivity index (χ0) is 20.9. The van der Waals surface area contributed by atoms with Crippen molar-refractivity contribution in [3.8, 4) is 11.5 Å². The Bertz CT molecular complexity index is 808. The highest BCUT2D eigenvalue weighted by Gasteiger charge is 2.35. The molecule has 0 aliphatic heterocycles. The van der Waals surface area contributed by atoms with Gasteiger partial charge in [-0.2, -0.15) is 0 Å². The maximum atomic E-state index is 13.3. The Balaban J connectivity index is 2.40. The summed E-state index contributed by atoms with van der Waals surface area (Å²) in [7, 11) is 3.15. The van der Waals surface area contributed by atoms with Crippen LogP contribution < -0.4 is 9.47 Å². The third-order valence-corrected chi connectivity index (χ3v) is 4.28. The average Bonchev–Trinajstić information content (AvgIpc) is 2.70. The van der Waals surface area contributed by atoms with Gasteiger partial charge in [0.15, 0.2) is 0 Å². The molecule has 2 aromatic carbocycles. The SMILES string of the molecule is CCN(C(=O)c1ccc(OC)cc1)N(C(=O)c1ccc(OC)cc1)C(C)(C)C. The predicted octanol–water partition coefficient (Wildman–Crippen LogP) is 4.02. The summed E-state index contributed by atoms with van der Waals surface area (Å²) in [4.78, 5) is 26.5. The fourth-order valence-corrected chi connectivity index (χ4v) is 2.89. The first-order valence-electron chi connectivity index (χ1n) is 9.17. The second-order valence-corrected chi connectivity index (χ2v) is 7.27. The van der Waals surface area contributed by atoms with E-state index in [4.69, 9.17) is 9.47 Å². The van der Waals surface area contributed by atoms with Crippen LogP contribution in [0.15, 0.2) is 48.5 Å². The molecule has 150 valence electrons. The van der Waals surface area contributed by atoms with Gasteiger partial charge in [0.1, 0.15) is 11.5 Å². The topological polar surface area (TPSA) is 59.1 Å². The number of benzene rings is 2. The van der Waals surface area contributed by atoms with Crippen molar-refractivity contribution < 1.29 is 19.1 Å². The van der Waals surface area contributed by atoms with E-state index in [9.17, 15) is 9.59 Å². The average molecular weight is 384 g/mol. The van der Waals surface area contributed by atoms with Gasteiger partial charge >= 0.3 is 0 Å².